The number of allylic oxidation sites excluding steroid dienone is 1. The highest BCUT2D eigenvalue weighted by atomic mass is 79.9. The van der Waals surface area contributed by atoms with Crippen LogP contribution in [0.1, 0.15) is 11.1 Å². The Balaban J connectivity index is 2.23. The van der Waals surface area contributed by atoms with Gasteiger partial charge in [-0.05, 0) is 28.7 Å². The van der Waals surface area contributed by atoms with E-state index in [1.807, 2.05) is 6.08 Å². The number of alkyl halides is 1. The Morgan fingerprint density at radius 1 is 0.824 bits per heavy atom. The zero-order valence-corrected chi connectivity index (χ0v) is 11.3. The highest BCUT2D eigenvalue weighted by Crippen LogP contribution is 2.21. The molecule has 17 heavy (non-hydrogen) atoms. The number of hydrogen-bond donors (Lipinski definition) is 0. The summed E-state index contributed by atoms with van der Waals surface area (Å²) in [5, 5.41) is 0.908. The first-order valence-corrected chi connectivity index (χ1v) is 6.81. The normalized spacial score (nSPS) is 10.2. The Labute approximate surface area is 111 Å². The van der Waals surface area contributed by atoms with Crippen LogP contribution >= 0.6 is 15.9 Å². The van der Waals surface area contributed by atoms with E-state index in [-0.39, 0.29) is 0 Å². The summed E-state index contributed by atoms with van der Waals surface area (Å²) in [6, 6.07) is 17.3. The first kappa shape index (κ1) is 12.1. The standard InChI is InChI=1S/C16H15Br/c1-2-3-13-4-8-15(9-5-13)16-10-6-14(12-17)7-11-16/h2,4-11H,1,3,12H2. The molecule has 0 N–H and O–H groups in total. The molecule has 0 heterocycles. The monoisotopic (exact) mass is 286 g/mol. The minimum atomic E-state index is 0.908. The summed E-state index contributed by atoms with van der Waals surface area (Å²) in [6.07, 6.45) is 2.86. The van der Waals surface area contributed by atoms with E-state index in [0.717, 1.165) is 11.8 Å². The van der Waals surface area contributed by atoms with Crippen molar-refractivity contribution in [3.63, 3.8) is 0 Å². The van der Waals surface area contributed by atoms with Crippen LogP contribution in [0.3, 0.4) is 0 Å². The lowest BCUT2D eigenvalue weighted by Crippen LogP contribution is -1.83. The van der Waals surface area contributed by atoms with E-state index < -0.39 is 0 Å². The molecule has 2 aromatic carbocycles. The third-order valence-electron chi connectivity index (χ3n) is 2.78. The summed E-state index contributed by atoms with van der Waals surface area (Å²) in [6.45, 7) is 3.75. The van der Waals surface area contributed by atoms with Gasteiger partial charge in [-0.15, -0.1) is 6.58 Å². The molecule has 0 unspecified atom stereocenters. The minimum absolute atomic E-state index is 0.908. The van der Waals surface area contributed by atoms with Crippen molar-refractivity contribution >= 4 is 15.9 Å². The van der Waals surface area contributed by atoms with Crippen molar-refractivity contribution in [1.82, 2.24) is 0 Å². The van der Waals surface area contributed by atoms with E-state index in [2.05, 4.69) is 71.0 Å². The molecule has 0 bridgehead atoms. The maximum Gasteiger partial charge on any atom is 0.0283 e. The van der Waals surface area contributed by atoms with E-state index >= 15 is 0 Å². The number of benzene rings is 2. The van der Waals surface area contributed by atoms with Gasteiger partial charge < -0.3 is 0 Å². The molecule has 0 saturated heterocycles. The maximum atomic E-state index is 3.75. The molecule has 0 aliphatic heterocycles. The summed E-state index contributed by atoms with van der Waals surface area (Å²) in [4.78, 5) is 0. The van der Waals surface area contributed by atoms with E-state index in [1.165, 1.54) is 22.3 Å². The SMILES string of the molecule is C=CCc1ccc(-c2ccc(CBr)cc2)cc1. The zero-order valence-electron chi connectivity index (χ0n) is 9.70. The number of halogens is 1. The average molecular weight is 287 g/mol. The summed E-state index contributed by atoms with van der Waals surface area (Å²) in [7, 11) is 0. The van der Waals surface area contributed by atoms with Gasteiger partial charge in [0.25, 0.3) is 0 Å². The number of rotatable bonds is 4. The van der Waals surface area contributed by atoms with Gasteiger partial charge in [-0.3, -0.25) is 0 Å². The molecule has 0 radical (unpaired) electrons. The highest BCUT2D eigenvalue weighted by molar-refractivity contribution is 9.08. The molecule has 2 rings (SSSR count). The Hall–Kier alpha value is -1.34. The second kappa shape index (κ2) is 5.83. The topological polar surface area (TPSA) is 0 Å². The fraction of sp³-hybridized carbons (Fsp3) is 0.125. The first-order chi connectivity index (χ1) is 8.33. The van der Waals surface area contributed by atoms with Gasteiger partial charge in [-0.2, -0.15) is 0 Å². The van der Waals surface area contributed by atoms with Gasteiger partial charge in [-0.25, -0.2) is 0 Å². The van der Waals surface area contributed by atoms with Crippen LogP contribution in [0.4, 0.5) is 0 Å². The molecule has 1 heteroatoms. The van der Waals surface area contributed by atoms with Crippen LogP contribution in [0, 0.1) is 0 Å². The van der Waals surface area contributed by atoms with Crippen molar-refractivity contribution in [2.45, 2.75) is 11.8 Å². The van der Waals surface area contributed by atoms with Gasteiger partial charge in [0.2, 0.25) is 0 Å². The van der Waals surface area contributed by atoms with Crippen molar-refractivity contribution < 1.29 is 0 Å². The van der Waals surface area contributed by atoms with Crippen LogP contribution in [0.5, 0.6) is 0 Å². The van der Waals surface area contributed by atoms with Gasteiger partial charge >= 0.3 is 0 Å². The lowest BCUT2D eigenvalue weighted by Gasteiger charge is -2.04. The molecule has 86 valence electrons. The molecule has 0 nitrogen and oxygen atoms in total. The summed E-state index contributed by atoms with van der Waals surface area (Å²) in [5.74, 6) is 0. The van der Waals surface area contributed by atoms with Crippen LogP contribution < -0.4 is 0 Å². The van der Waals surface area contributed by atoms with Gasteiger partial charge in [0.05, 0.1) is 0 Å². The van der Waals surface area contributed by atoms with Gasteiger partial charge in [0, 0.05) is 5.33 Å². The molecule has 0 aliphatic rings. The molecular formula is C16H15Br. The lowest BCUT2D eigenvalue weighted by molar-refractivity contribution is 1.28. The van der Waals surface area contributed by atoms with Crippen molar-refractivity contribution in [1.29, 1.82) is 0 Å². The molecule has 0 fully saturated rings. The fourth-order valence-corrected chi connectivity index (χ4v) is 2.16. The van der Waals surface area contributed by atoms with Gasteiger partial charge in [0.15, 0.2) is 0 Å². The van der Waals surface area contributed by atoms with Crippen molar-refractivity contribution in [2.24, 2.45) is 0 Å². The van der Waals surface area contributed by atoms with E-state index in [4.69, 9.17) is 0 Å². The minimum Gasteiger partial charge on any atom is -0.103 e. The molecule has 2 aromatic rings. The Bertz CT molecular complexity index is 480. The van der Waals surface area contributed by atoms with Crippen molar-refractivity contribution in [2.75, 3.05) is 0 Å². The van der Waals surface area contributed by atoms with E-state index in [9.17, 15) is 0 Å². The second-order valence-electron chi connectivity index (χ2n) is 4.02. The predicted molar refractivity (Wildman–Crippen MR) is 78.4 cm³/mol. The summed E-state index contributed by atoms with van der Waals surface area (Å²) in [5.41, 5.74) is 5.14. The molecule has 0 saturated carbocycles. The van der Waals surface area contributed by atoms with Gasteiger partial charge in [-0.1, -0.05) is 70.5 Å². The second-order valence-corrected chi connectivity index (χ2v) is 4.58. The zero-order chi connectivity index (χ0) is 12.1. The quantitative estimate of drug-likeness (QED) is 0.549. The Kier molecular flexibility index (Phi) is 4.16. The summed E-state index contributed by atoms with van der Waals surface area (Å²) < 4.78 is 0. The van der Waals surface area contributed by atoms with Gasteiger partial charge in [0.1, 0.15) is 0 Å². The van der Waals surface area contributed by atoms with Crippen molar-refractivity contribution in [3.8, 4) is 11.1 Å². The molecule has 0 aromatic heterocycles. The molecule has 0 aliphatic carbocycles. The summed E-state index contributed by atoms with van der Waals surface area (Å²) >= 11 is 3.46. The predicted octanol–water partition coefficient (Wildman–Crippen LogP) is 4.98. The largest absolute Gasteiger partial charge is 0.103 e. The third-order valence-corrected chi connectivity index (χ3v) is 3.42. The third kappa shape index (κ3) is 3.07. The van der Waals surface area contributed by atoms with Crippen LogP contribution in [-0.4, -0.2) is 0 Å². The van der Waals surface area contributed by atoms with Crippen molar-refractivity contribution in [3.05, 3.63) is 72.3 Å². The molecule has 0 amide bonds. The molecular weight excluding hydrogens is 272 g/mol. The fourth-order valence-electron chi connectivity index (χ4n) is 1.79. The Morgan fingerprint density at radius 2 is 1.29 bits per heavy atom. The van der Waals surface area contributed by atoms with Crippen LogP contribution in [0.15, 0.2) is 61.2 Å². The molecule has 0 spiro atoms. The smallest absolute Gasteiger partial charge is 0.0283 e. The van der Waals surface area contributed by atoms with Crippen LogP contribution in [0.25, 0.3) is 11.1 Å². The first-order valence-electron chi connectivity index (χ1n) is 5.68. The van der Waals surface area contributed by atoms with E-state index in [1.54, 1.807) is 0 Å². The Morgan fingerprint density at radius 3 is 1.71 bits per heavy atom. The van der Waals surface area contributed by atoms with Crippen LogP contribution in [0.2, 0.25) is 0 Å². The molecule has 0 atom stereocenters. The van der Waals surface area contributed by atoms with Crippen LogP contribution in [-0.2, 0) is 11.8 Å². The highest BCUT2D eigenvalue weighted by Gasteiger charge is 1.98. The average Bonchev–Trinajstić information content (AvgIpc) is 2.40. The van der Waals surface area contributed by atoms with E-state index in [0.29, 0.717) is 0 Å². The number of hydrogen-bond acceptors (Lipinski definition) is 0. The maximum absolute atomic E-state index is 3.75. The lowest BCUT2D eigenvalue weighted by atomic mass is 10.0.